The lowest BCUT2D eigenvalue weighted by Crippen LogP contribution is -2.34. The van der Waals surface area contributed by atoms with Crippen molar-refractivity contribution in [2.45, 2.75) is 30.7 Å². The van der Waals surface area contributed by atoms with Crippen molar-refractivity contribution in [3.63, 3.8) is 0 Å². The molecule has 1 aromatic rings. The highest BCUT2D eigenvalue weighted by atomic mass is 32.2. The fraction of sp³-hybridized carbons (Fsp3) is 0.500. The summed E-state index contributed by atoms with van der Waals surface area (Å²) in [7, 11) is -2.36. The highest BCUT2D eigenvalue weighted by molar-refractivity contribution is 7.90. The number of ether oxygens (including phenoxy) is 1. The van der Waals surface area contributed by atoms with E-state index >= 15 is 0 Å². The number of hydrogen-bond donors (Lipinski definition) is 1. The van der Waals surface area contributed by atoms with Crippen LogP contribution in [0, 0.1) is 5.82 Å². The van der Waals surface area contributed by atoms with E-state index in [1.54, 1.807) is 0 Å². The monoisotopic (exact) mass is 275 g/mol. The Balaban J connectivity index is 3.37. The van der Waals surface area contributed by atoms with Gasteiger partial charge in [0, 0.05) is 11.8 Å². The van der Waals surface area contributed by atoms with E-state index in [0.717, 1.165) is 6.26 Å². The van der Waals surface area contributed by atoms with Crippen molar-refractivity contribution in [2.75, 3.05) is 13.4 Å². The Hall–Kier alpha value is -1.14. The molecular formula is C12H18FNO3S. The van der Waals surface area contributed by atoms with Gasteiger partial charge in [-0.1, -0.05) is 0 Å². The molecule has 4 nitrogen and oxygen atoms in total. The van der Waals surface area contributed by atoms with Crippen LogP contribution in [0.4, 0.5) is 4.39 Å². The van der Waals surface area contributed by atoms with Gasteiger partial charge in [-0.15, -0.1) is 0 Å². The molecule has 0 heterocycles. The number of nitrogens with two attached hydrogens (primary N) is 1. The van der Waals surface area contributed by atoms with E-state index in [0.29, 0.717) is 12.0 Å². The zero-order chi connectivity index (χ0) is 14.1. The van der Waals surface area contributed by atoms with Gasteiger partial charge in [-0.05, 0) is 38.0 Å². The molecule has 0 atom stereocenters. The molecule has 18 heavy (non-hydrogen) atoms. The Morgan fingerprint density at radius 3 is 2.33 bits per heavy atom. The maximum absolute atomic E-state index is 13.9. The zero-order valence-corrected chi connectivity index (χ0v) is 11.8. The first-order valence-electron chi connectivity index (χ1n) is 5.40. The molecule has 1 rings (SSSR count). The van der Waals surface area contributed by atoms with Gasteiger partial charge in [0.15, 0.2) is 9.84 Å². The lowest BCUT2D eigenvalue weighted by Gasteiger charge is -2.19. The average molecular weight is 275 g/mol. The summed E-state index contributed by atoms with van der Waals surface area (Å²) in [5, 5.41) is 0. The van der Waals surface area contributed by atoms with Gasteiger partial charge in [-0.3, -0.25) is 0 Å². The number of sulfone groups is 1. The third-order valence-electron chi connectivity index (χ3n) is 2.32. The molecule has 6 heteroatoms. The summed E-state index contributed by atoms with van der Waals surface area (Å²) < 4.78 is 41.8. The van der Waals surface area contributed by atoms with Crippen molar-refractivity contribution in [1.82, 2.24) is 0 Å². The van der Waals surface area contributed by atoms with Crippen molar-refractivity contribution >= 4 is 9.84 Å². The lowest BCUT2D eigenvalue weighted by atomic mass is 9.96. The highest BCUT2D eigenvalue weighted by Gasteiger charge is 2.22. The van der Waals surface area contributed by atoms with Crippen molar-refractivity contribution in [2.24, 2.45) is 5.73 Å². The second kappa shape index (κ2) is 4.85. The van der Waals surface area contributed by atoms with Gasteiger partial charge in [-0.2, -0.15) is 0 Å². The van der Waals surface area contributed by atoms with Crippen molar-refractivity contribution in [3.05, 3.63) is 23.5 Å². The Morgan fingerprint density at radius 1 is 1.39 bits per heavy atom. The van der Waals surface area contributed by atoms with E-state index in [4.69, 9.17) is 10.5 Å². The topological polar surface area (TPSA) is 69.4 Å². The predicted octanol–water partition coefficient (Wildman–Crippen LogP) is 1.52. The third kappa shape index (κ3) is 3.68. The summed E-state index contributed by atoms with van der Waals surface area (Å²) in [4.78, 5) is -0.413. The minimum absolute atomic E-state index is 0.0109. The number of halogens is 1. The molecule has 0 aliphatic carbocycles. The largest absolute Gasteiger partial charge is 0.495 e. The summed E-state index contributed by atoms with van der Waals surface area (Å²) >= 11 is 0. The van der Waals surface area contributed by atoms with Crippen LogP contribution < -0.4 is 10.5 Å². The van der Waals surface area contributed by atoms with E-state index in [1.165, 1.54) is 19.2 Å². The van der Waals surface area contributed by atoms with Gasteiger partial charge < -0.3 is 10.5 Å². The molecule has 0 aliphatic heterocycles. The first-order valence-corrected chi connectivity index (χ1v) is 7.29. The van der Waals surface area contributed by atoms with Crippen LogP contribution in [0.3, 0.4) is 0 Å². The molecule has 0 radical (unpaired) electrons. The van der Waals surface area contributed by atoms with E-state index < -0.39 is 26.1 Å². The van der Waals surface area contributed by atoms with Crippen LogP contribution in [0.2, 0.25) is 0 Å². The maximum Gasteiger partial charge on any atom is 0.182 e. The minimum atomic E-state index is -3.67. The van der Waals surface area contributed by atoms with Crippen LogP contribution in [0.25, 0.3) is 0 Å². The number of rotatable bonds is 4. The molecule has 2 N–H and O–H groups in total. The Labute approximate surface area is 107 Å². The maximum atomic E-state index is 13.9. The van der Waals surface area contributed by atoms with E-state index in [-0.39, 0.29) is 5.75 Å². The van der Waals surface area contributed by atoms with Crippen molar-refractivity contribution in [3.8, 4) is 5.75 Å². The summed E-state index contributed by atoms with van der Waals surface area (Å²) in [5.41, 5.74) is 5.94. The molecule has 0 unspecified atom stereocenters. The van der Waals surface area contributed by atoms with Crippen molar-refractivity contribution in [1.29, 1.82) is 0 Å². The number of hydrogen-bond acceptors (Lipinski definition) is 4. The molecule has 0 amide bonds. The summed E-state index contributed by atoms with van der Waals surface area (Å²) in [6.07, 6.45) is 1.37. The molecule has 0 saturated carbocycles. The predicted molar refractivity (Wildman–Crippen MR) is 68.0 cm³/mol. The summed E-state index contributed by atoms with van der Waals surface area (Å²) in [5.74, 6) is -0.798. The summed E-state index contributed by atoms with van der Waals surface area (Å²) in [6, 6.07) is 2.70. The van der Waals surface area contributed by atoms with Gasteiger partial charge in [0.25, 0.3) is 0 Å². The molecule has 0 saturated heterocycles. The minimum Gasteiger partial charge on any atom is -0.495 e. The van der Waals surface area contributed by atoms with Gasteiger partial charge in [0.05, 0.1) is 7.11 Å². The Morgan fingerprint density at radius 2 is 1.94 bits per heavy atom. The molecule has 1 aromatic carbocycles. The Bertz CT molecular complexity index is 547. The smallest absolute Gasteiger partial charge is 0.182 e. The molecule has 102 valence electrons. The molecule has 0 fully saturated rings. The van der Waals surface area contributed by atoms with Gasteiger partial charge in [-0.25, -0.2) is 12.8 Å². The molecule has 0 bridgehead atoms. The van der Waals surface area contributed by atoms with E-state index in [1.807, 2.05) is 13.8 Å². The second-order valence-electron chi connectivity index (χ2n) is 5.05. The highest BCUT2D eigenvalue weighted by Crippen LogP contribution is 2.29. The van der Waals surface area contributed by atoms with Crippen LogP contribution in [0.5, 0.6) is 5.75 Å². The van der Waals surface area contributed by atoms with Gasteiger partial charge in [0.2, 0.25) is 0 Å². The third-order valence-corrected chi connectivity index (χ3v) is 3.46. The van der Waals surface area contributed by atoms with E-state index in [2.05, 4.69) is 0 Å². The zero-order valence-electron chi connectivity index (χ0n) is 11.0. The van der Waals surface area contributed by atoms with Crippen LogP contribution in [0.1, 0.15) is 19.4 Å². The molecular weight excluding hydrogens is 257 g/mol. The van der Waals surface area contributed by atoms with E-state index in [9.17, 15) is 12.8 Å². The molecule has 0 aliphatic rings. The number of benzene rings is 1. The number of methoxy groups -OCH3 is 1. The fourth-order valence-corrected chi connectivity index (χ4v) is 2.68. The SMILES string of the molecule is COc1cc(CC(C)(C)N)cc(F)c1S(C)(=O)=O. The van der Waals surface area contributed by atoms with Crippen LogP contribution in [0.15, 0.2) is 17.0 Å². The normalized spacial score (nSPS) is 12.6. The van der Waals surface area contributed by atoms with Crippen LogP contribution >= 0.6 is 0 Å². The van der Waals surface area contributed by atoms with Crippen molar-refractivity contribution < 1.29 is 17.5 Å². The van der Waals surface area contributed by atoms with Gasteiger partial charge in [0.1, 0.15) is 16.5 Å². The van der Waals surface area contributed by atoms with Crippen LogP contribution in [-0.4, -0.2) is 27.3 Å². The Kier molecular flexibility index (Phi) is 4.02. The second-order valence-corrected chi connectivity index (χ2v) is 7.00. The lowest BCUT2D eigenvalue weighted by molar-refractivity contribution is 0.393. The quantitative estimate of drug-likeness (QED) is 0.904. The average Bonchev–Trinajstić information content (AvgIpc) is 2.11. The standard InChI is InChI=1S/C12H18FNO3S/c1-12(2,14)7-8-5-9(13)11(18(4,15)16)10(6-8)17-3/h5-6H,7,14H2,1-4H3. The summed E-state index contributed by atoms with van der Waals surface area (Å²) in [6.45, 7) is 3.61. The fourth-order valence-electron chi connectivity index (χ4n) is 1.76. The molecule has 0 aromatic heterocycles. The first-order chi connectivity index (χ1) is 8.04. The van der Waals surface area contributed by atoms with Gasteiger partial charge >= 0.3 is 0 Å². The van der Waals surface area contributed by atoms with Crippen LogP contribution in [-0.2, 0) is 16.3 Å². The first kappa shape index (κ1) is 14.9. The molecule has 0 spiro atoms.